The van der Waals surface area contributed by atoms with Crippen molar-refractivity contribution >= 4 is 34.6 Å². The van der Waals surface area contributed by atoms with Gasteiger partial charge in [0.25, 0.3) is 0 Å². The second-order valence-corrected chi connectivity index (χ2v) is 2.90. The van der Waals surface area contributed by atoms with Crippen LogP contribution in [0.2, 0.25) is 5.15 Å². The zero-order valence-corrected chi connectivity index (χ0v) is 8.04. The zero-order chi connectivity index (χ0) is 10.8. The molecule has 0 atom stereocenters. The van der Waals surface area contributed by atoms with Crippen LogP contribution < -0.4 is 5.32 Å². The number of nitrogens with one attached hydrogen (secondary N) is 2. The second kappa shape index (κ2) is 3.55. The van der Waals surface area contributed by atoms with Crippen molar-refractivity contribution in [2.45, 2.75) is 0 Å². The average molecular weight is 222 g/mol. The maximum atomic E-state index is 10.9. The third-order valence-electron chi connectivity index (χ3n) is 1.60. The molecular weight excluding hydrogens is 218 g/mol. The molecule has 2 aromatic heterocycles. The van der Waals surface area contributed by atoms with Crippen molar-refractivity contribution in [2.75, 3.05) is 5.32 Å². The Morgan fingerprint density at radius 2 is 2.40 bits per heavy atom. The maximum absolute atomic E-state index is 10.9. The zero-order valence-electron chi connectivity index (χ0n) is 7.28. The Hall–Kier alpha value is -2.13. The van der Waals surface area contributed by atoms with Gasteiger partial charge < -0.3 is 4.98 Å². The number of rotatable bonds is 1. The topological polar surface area (TPSA) is 83.6 Å². The number of amides is 1. The molecule has 0 aliphatic heterocycles. The van der Waals surface area contributed by atoms with Gasteiger partial charge in [-0.15, -0.1) is 6.42 Å². The van der Waals surface area contributed by atoms with E-state index in [9.17, 15) is 4.79 Å². The van der Waals surface area contributed by atoms with Gasteiger partial charge in [0.2, 0.25) is 5.95 Å². The number of aromatic nitrogens is 4. The lowest BCUT2D eigenvalue weighted by Gasteiger charge is -1.99. The molecule has 0 unspecified atom stereocenters. The molecule has 7 heteroatoms. The molecule has 0 fully saturated rings. The largest absolute Gasteiger partial charge is 0.341 e. The van der Waals surface area contributed by atoms with E-state index in [-0.39, 0.29) is 11.1 Å². The Morgan fingerprint density at radius 3 is 3.13 bits per heavy atom. The van der Waals surface area contributed by atoms with Gasteiger partial charge in [0, 0.05) is 0 Å². The van der Waals surface area contributed by atoms with Crippen LogP contribution in [-0.2, 0) is 4.79 Å². The molecule has 0 aliphatic carbocycles. The fourth-order valence-electron chi connectivity index (χ4n) is 0.991. The van der Waals surface area contributed by atoms with Crippen LogP contribution in [0.15, 0.2) is 6.33 Å². The predicted molar refractivity (Wildman–Crippen MR) is 54.2 cm³/mol. The number of hydrogen-bond donors (Lipinski definition) is 2. The molecule has 0 saturated heterocycles. The summed E-state index contributed by atoms with van der Waals surface area (Å²) < 4.78 is 0. The normalized spacial score (nSPS) is 9.87. The van der Waals surface area contributed by atoms with E-state index in [1.54, 1.807) is 0 Å². The summed E-state index contributed by atoms with van der Waals surface area (Å²) in [6.45, 7) is 0. The van der Waals surface area contributed by atoms with Crippen LogP contribution >= 0.6 is 11.6 Å². The van der Waals surface area contributed by atoms with Gasteiger partial charge in [0.15, 0.2) is 10.8 Å². The molecular formula is C8H4ClN5O. The number of carbonyl (C=O) groups is 1. The molecule has 2 rings (SSSR count). The smallest absolute Gasteiger partial charge is 0.302 e. The SMILES string of the molecule is C#CC(=O)Nc1nc(Cl)c2[nH]cnc2n1. The van der Waals surface area contributed by atoms with Crippen LogP contribution in [0.25, 0.3) is 11.2 Å². The molecule has 0 aromatic carbocycles. The Balaban J connectivity index is 2.46. The summed E-state index contributed by atoms with van der Waals surface area (Å²) >= 11 is 5.80. The summed E-state index contributed by atoms with van der Waals surface area (Å²) in [6.07, 6.45) is 6.31. The number of H-pyrrole nitrogens is 1. The summed E-state index contributed by atoms with van der Waals surface area (Å²) in [7, 11) is 0. The van der Waals surface area contributed by atoms with Crippen LogP contribution in [0.4, 0.5) is 5.95 Å². The summed E-state index contributed by atoms with van der Waals surface area (Å²) in [5.41, 5.74) is 0.873. The number of fused-ring (bicyclic) bond motifs is 1. The molecule has 0 spiro atoms. The minimum absolute atomic E-state index is 0.0301. The summed E-state index contributed by atoms with van der Waals surface area (Å²) in [4.78, 5) is 25.2. The number of anilines is 1. The molecule has 2 heterocycles. The molecule has 2 N–H and O–H groups in total. The third-order valence-corrected chi connectivity index (χ3v) is 1.87. The molecule has 0 bridgehead atoms. The van der Waals surface area contributed by atoms with Crippen LogP contribution in [0.5, 0.6) is 0 Å². The van der Waals surface area contributed by atoms with E-state index < -0.39 is 5.91 Å². The highest BCUT2D eigenvalue weighted by Gasteiger charge is 2.08. The van der Waals surface area contributed by atoms with Crippen molar-refractivity contribution in [2.24, 2.45) is 0 Å². The number of imidazole rings is 1. The first-order chi connectivity index (χ1) is 7.20. The van der Waals surface area contributed by atoms with E-state index in [2.05, 4.69) is 25.3 Å². The lowest BCUT2D eigenvalue weighted by Crippen LogP contribution is -2.11. The minimum atomic E-state index is -0.638. The molecule has 15 heavy (non-hydrogen) atoms. The first-order valence-electron chi connectivity index (χ1n) is 3.85. The average Bonchev–Trinajstić information content (AvgIpc) is 2.66. The Bertz CT molecular complexity index is 570. The molecule has 2 aromatic rings. The van der Waals surface area contributed by atoms with Gasteiger partial charge in [-0.05, 0) is 5.92 Å². The summed E-state index contributed by atoms with van der Waals surface area (Å²) in [5, 5.41) is 2.45. The van der Waals surface area contributed by atoms with Crippen LogP contribution in [0, 0.1) is 12.3 Å². The fraction of sp³-hybridized carbons (Fsp3) is 0. The predicted octanol–water partition coefficient (Wildman–Crippen LogP) is 0.578. The third kappa shape index (κ3) is 1.73. The monoisotopic (exact) mass is 221 g/mol. The highest BCUT2D eigenvalue weighted by atomic mass is 35.5. The van der Waals surface area contributed by atoms with Gasteiger partial charge >= 0.3 is 5.91 Å². The molecule has 0 saturated carbocycles. The summed E-state index contributed by atoms with van der Waals surface area (Å²) in [5.74, 6) is 1.27. The van der Waals surface area contributed by atoms with Crippen LogP contribution in [-0.4, -0.2) is 25.8 Å². The fourth-order valence-corrected chi connectivity index (χ4v) is 1.21. The summed E-state index contributed by atoms with van der Waals surface area (Å²) in [6, 6.07) is 0. The van der Waals surface area contributed by atoms with Crippen molar-refractivity contribution in [1.82, 2.24) is 19.9 Å². The van der Waals surface area contributed by atoms with Gasteiger partial charge in [0.1, 0.15) is 5.52 Å². The van der Waals surface area contributed by atoms with Crippen molar-refractivity contribution in [1.29, 1.82) is 0 Å². The van der Waals surface area contributed by atoms with E-state index >= 15 is 0 Å². The Kier molecular flexibility index (Phi) is 2.23. The lowest BCUT2D eigenvalue weighted by molar-refractivity contribution is -0.111. The van der Waals surface area contributed by atoms with E-state index in [0.29, 0.717) is 11.2 Å². The van der Waals surface area contributed by atoms with Gasteiger partial charge in [-0.2, -0.15) is 9.97 Å². The minimum Gasteiger partial charge on any atom is -0.341 e. The van der Waals surface area contributed by atoms with E-state index in [1.807, 2.05) is 5.92 Å². The maximum Gasteiger partial charge on any atom is 0.302 e. The number of hydrogen-bond acceptors (Lipinski definition) is 4. The molecule has 0 aliphatic rings. The first kappa shape index (κ1) is 9.43. The number of terminal acetylenes is 1. The standard InChI is InChI=1S/C8H4ClN5O/c1-2-4(15)12-8-13-6(9)5-7(14-8)11-3-10-5/h1,3H,(H2,10,11,12,13,14,15). The highest BCUT2D eigenvalue weighted by molar-refractivity contribution is 6.33. The van der Waals surface area contributed by atoms with E-state index in [0.717, 1.165) is 0 Å². The van der Waals surface area contributed by atoms with Gasteiger partial charge in [-0.3, -0.25) is 10.1 Å². The van der Waals surface area contributed by atoms with E-state index in [4.69, 9.17) is 18.0 Å². The van der Waals surface area contributed by atoms with Crippen molar-refractivity contribution in [3.05, 3.63) is 11.5 Å². The Morgan fingerprint density at radius 1 is 1.60 bits per heavy atom. The van der Waals surface area contributed by atoms with Gasteiger partial charge in [-0.1, -0.05) is 11.6 Å². The number of nitrogens with zero attached hydrogens (tertiary/aromatic N) is 3. The van der Waals surface area contributed by atoms with Gasteiger partial charge in [0.05, 0.1) is 6.33 Å². The highest BCUT2D eigenvalue weighted by Crippen LogP contribution is 2.17. The quantitative estimate of drug-likeness (QED) is 0.545. The van der Waals surface area contributed by atoms with Crippen LogP contribution in [0.1, 0.15) is 0 Å². The van der Waals surface area contributed by atoms with Crippen molar-refractivity contribution in [3.8, 4) is 12.3 Å². The van der Waals surface area contributed by atoms with Gasteiger partial charge in [-0.25, -0.2) is 4.98 Å². The lowest BCUT2D eigenvalue weighted by atomic mass is 10.5. The number of carbonyl (C=O) groups excluding carboxylic acids is 1. The van der Waals surface area contributed by atoms with Crippen molar-refractivity contribution < 1.29 is 4.79 Å². The molecule has 74 valence electrons. The second-order valence-electron chi connectivity index (χ2n) is 2.54. The van der Waals surface area contributed by atoms with Crippen LogP contribution in [0.3, 0.4) is 0 Å². The molecule has 6 nitrogen and oxygen atoms in total. The molecule has 1 amide bonds. The Labute approximate surface area is 89.1 Å². The number of halogens is 1. The number of aromatic amines is 1. The van der Waals surface area contributed by atoms with E-state index in [1.165, 1.54) is 6.33 Å². The molecule has 0 radical (unpaired) electrons. The first-order valence-corrected chi connectivity index (χ1v) is 4.22. The van der Waals surface area contributed by atoms with Crippen molar-refractivity contribution in [3.63, 3.8) is 0 Å².